The molecule has 1 aromatic rings. The van der Waals surface area contributed by atoms with Gasteiger partial charge in [-0.15, -0.1) is 6.58 Å². The van der Waals surface area contributed by atoms with Gasteiger partial charge in [0.05, 0.1) is 12.8 Å². The molecule has 6 heteroatoms. The molecule has 0 saturated heterocycles. The van der Waals surface area contributed by atoms with Crippen LogP contribution in [0.1, 0.15) is 6.92 Å². The number of methoxy groups -OCH3 is 1. The highest BCUT2D eigenvalue weighted by Crippen LogP contribution is 2.27. The molecule has 1 N–H and O–H groups in total. The van der Waals surface area contributed by atoms with Crippen molar-refractivity contribution in [2.45, 2.75) is 6.92 Å². The molecule has 0 spiro atoms. The molecule has 0 aliphatic heterocycles. The van der Waals surface area contributed by atoms with E-state index >= 15 is 0 Å². The zero-order valence-electron chi connectivity index (χ0n) is 11.5. The minimum atomic E-state index is -0.331. The third kappa shape index (κ3) is 4.59. The summed E-state index contributed by atoms with van der Waals surface area (Å²) in [6.07, 6.45) is 1.56. The predicted molar refractivity (Wildman–Crippen MR) is 79.1 cm³/mol. The Morgan fingerprint density at radius 1 is 1.50 bits per heavy atom. The van der Waals surface area contributed by atoms with Crippen molar-refractivity contribution in [2.75, 3.05) is 25.5 Å². The maximum absolute atomic E-state index is 11.9. The van der Waals surface area contributed by atoms with Crippen LogP contribution in [0.2, 0.25) is 5.02 Å². The topological polar surface area (TPSA) is 58.6 Å². The van der Waals surface area contributed by atoms with E-state index in [1.807, 2.05) is 0 Å². The second-order valence-electron chi connectivity index (χ2n) is 4.08. The lowest BCUT2D eigenvalue weighted by molar-refractivity contribution is -0.132. The van der Waals surface area contributed by atoms with E-state index in [9.17, 15) is 9.59 Å². The zero-order chi connectivity index (χ0) is 15.1. The molecule has 0 unspecified atom stereocenters. The minimum Gasteiger partial charge on any atom is -0.495 e. The summed E-state index contributed by atoms with van der Waals surface area (Å²) in [5.74, 6) is -0.0263. The van der Waals surface area contributed by atoms with Gasteiger partial charge in [0.1, 0.15) is 12.3 Å². The Bertz CT molecular complexity index is 517. The van der Waals surface area contributed by atoms with Crippen LogP contribution < -0.4 is 10.1 Å². The van der Waals surface area contributed by atoms with Gasteiger partial charge >= 0.3 is 0 Å². The average Bonchev–Trinajstić information content (AvgIpc) is 2.38. The number of halogens is 1. The first-order valence-electron chi connectivity index (χ1n) is 5.97. The van der Waals surface area contributed by atoms with Crippen LogP contribution in [-0.2, 0) is 9.59 Å². The molecule has 0 aromatic heterocycles. The smallest absolute Gasteiger partial charge is 0.244 e. The van der Waals surface area contributed by atoms with Gasteiger partial charge < -0.3 is 15.0 Å². The minimum absolute atomic E-state index is 0.0585. The molecule has 0 aliphatic rings. The van der Waals surface area contributed by atoms with E-state index in [4.69, 9.17) is 16.3 Å². The highest BCUT2D eigenvalue weighted by atomic mass is 35.5. The molecule has 0 saturated carbocycles. The van der Waals surface area contributed by atoms with Crippen molar-refractivity contribution in [1.29, 1.82) is 0 Å². The van der Waals surface area contributed by atoms with E-state index in [-0.39, 0.29) is 18.4 Å². The van der Waals surface area contributed by atoms with E-state index < -0.39 is 0 Å². The summed E-state index contributed by atoms with van der Waals surface area (Å²) in [5.41, 5.74) is 0.465. The van der Waals surface area contributed by atoms with Gasteiger partial charge in [-0.1, -0.05) is 17.7 Å². The Labute approximate surface area is 123 Å². The number of rotatable bonds is 6. The predicted octanol–water partition coefficient (Wildman–Crippen LogP) is 2.32. The third-order valence-corrected chi connectivity index (χ3v) is 2.80. The van der Waals surface area contributed by atoms with E-state index in [1.165, 1.54) is 18.9 Å². The second-order valence-corrected chi connectivity index (χ2v) is 4.52. The Balaban J connectivity index is 2.77. The van der Waals surface area contributed by atoms with Crippen molar-refractivity contribution in [3.63, 3.8) is 0 Å². The van der Waals surface area contributed by atoms with Gasteiger partial charge in [-0.25, -0.2) is 0 Å². The van der Waals surface area contributed by atoms with E-state index in [0.717, 1.165) is 0 Å². The SMILES string of the molecule is C=CCN(CC(=O)Nc1cc(Cl)ccc1OC)C(C)=O. The molecule has 0 radical (unpaired) electrons. The standard InChI is InChI=1S/C14H17ClN2O3/c1-4-7-17(10(2)18)9-14(19)16-12-8-11(15)5-6-13(12)20-3/h4-6,8H,1,7,9H2,2-3H3,(H,16,19). The number of hydrogen-bond donors (Lipinski definition) is 1. The lowest BCUT2D eigenvalue weighted by Crippen LogP contribution is -2.36. The van der Waals surface area contributed by atoms with Crippen molar-refractivity contribution in [3.8, 4) is 5.75 Å². The van der Waals surface area contributed by atoms with E-state index in [2.05, 4.69) is 11.9 Å². The van der Waals surface area contributed by atoms with Gasteiger partial charge in [0.2, 0.25) is 11.8 Å². The number of nitrogens with one attached hydrogen (secondary N) is 1. The first-order chi connectivity index (χ1) is 9.47. The van der Waals surface area contributed by atoms with Crippen molar-refractivity contribution in [1.82, 2.24) is 4.90 Å². The molecule has 1 aromatic carbocycles. The first-order valence-corrected chi connectivity index (χ1v) is 6.35. The normalized spacial score (nSPS) is 9.75. The number of ether oxygens (including phenoxy) is 1. The fraction of sp³-hybridized carbons (Fsp3) is 0.286. The molecule has 0 fully saturated rings. The van der Waals surface area contributed by atoms with Crippen molar-refractivity contribution < 1.29 is 14.3 Å². The number of carbonyl (C=O) groups is 2. The molecule has 1 rings (SSSR count). The Morgan fingerprint density at radius 3 is 2.75 bits per heavy atom. The maximum Gasteiger partial charge on any atom is 0.244 e. The van der Waals surface area contributed by atoms with Crippen LogP contribution in [-0.4, -0.2) is 36.9 Å². The lowest BCUT2D eigenvalue weighted by Gasteiger charge is -2.19. The first kappa shape index (κ1) is 16.0. The molecule has 20 heavy (non-hydrogen) atoms. The summed E-state index contributed by atoms with van der Waals surface area (Å²) in [6, 6.07) is 4.91. The molecule has 0 aliphatic carbocycles. The average molecular weight is 297 g/mol. The van der Waals surface area contributed by atoms with Gasteiger partial charge in [-0.05, 0) is 18.2 Å². The van der Waals surface area contributed by atoms with Crippen LogP contribution in [0.25, 0.3) is 0 Å². The maximum atomic E-state index is 11.9. The highest BCUT2D eigenvalue weighted by Gasteiger charge is 2.14. The quantitative estimate of drug-likeness (QED) is 0.820. The van der Waals surface area contributed by atoms with Crippen LogP contribution in [0.5, 0.6) is 5.75 Å². The van der Waals surface area contributed by atoms with Gasteiger partial charge in [0.15, 0.2) is 0 Å². The Hall–Kier alpha value is -2.01. The summed E-state index contributed by atoms with van der Waals surface area (Å²) >= 11 is 5.88. The Morgan fingerprint density at radius 2 is 2.20 bits per heavy atom. The summed E-state index contributed by atoms with van der Waals surface area (Å²) in [5, 5.41) is 3.15. The summed E-state index contributed by atoms with van der Waals surface area (Å²) < 4.78 is 5.13. The van der Waals surface area contributed by atoms with Crippen LogP contribution in [0, 0.1) is 0 Å². The number of amides is 2. The number of nitrogens with zero attached hydrogens (tertiary/aromatic N) is 1. The molecule has 0 heterocycles. The molecular formula is C14H17ClN2O3. The van der Waals surface area contributed by atoms with Gasteiger partial charge in [-0.2, -0.15) is 0 Å². The van der Waals surface area contributed by atoms with Gasteiger partial charge in [-0.3, -0.25) is 9.59 Å². The second kappa shape index (κ2) is 7.55. The third-order valence-electron chi connectivity index (χ3n) is 2.56. The van der Waals surface area contributed by atoms with Gasteiger partial charge in [0, 0.05) is 18.5 Å². The van der Waals surface area contributed by atoms with Crippen LogP contribution in [0.15, 0.2) is 30.9 Å². The summed E-state index contributed by atoms with van der Waals surface area (Å²) in [4.78, 5) is 24.7. The number of benzene rings is 1. The van der Waals surface area contributed by atoms with Crippen molar-refractivity contribution in [2.24, 2.45) is 0 Å². The fourth-order valence-corrected chi connectivity index (χ4v) is 1.77. The molecular weight excluding hydrogens is 280 g/mol. The number of hydrogen-bond acceptors (Lipinski definition) is 3. The lowest BCUT2D eigenvalue weighted by atomic mass is 10.3. The largest absolute Gasteiger partial charge is 0.495 e. The van der Waals surface area contributed by atoms with E-state index in [1.54, 1.807) is 24.3 Å². The van der Waals surface area contributed by atoms with Gasteiger partial charge in [0.25, 0.3) is 0 Å². The fourth-order valence-electron chi connectivity index (χ4n) is 1.60. The molecule has 108 valence electrons. The summed E-state index contributed by atoms with van der Waals surface area (Å²) in [6.45, 7) is 5.21. The monoisotopic (exact) mass is 296 g/mol. The van der Waals surface area contributed by atoms with Crippen LogP contribution >= 0.6 is 11.6 Å². The zero-order valence-corrected chi connectivity index (χ0v) is 12.2. The molecule has 2 amide bonds. The van der Waals surface area contributed by atoms with Crippen molar-refractivity contribution >= 4 is 29.1 Å². The van der Waals surface area contributed by atoms with Crippen molar-refractivity contribution in [3.05, 3.63) is 35.9 Å². The molecule has 0 bridgehead atoms. The van der Waals surface area contributed by atoms with Crippen LogP contribution in [0.4, 0.5) is 5.69 Å². The molecule has 5 nitrogen and oxygen atoms in total. The number of anilines is 1. The summed E-state index contributed by atoms with van der Waals surface area (Å²) in [7, 11) is 1.50. The molecule has 0 atom stereocenters. The van der Waals surface area contributed by atoms with E-state index in [0.29, 0.717) is 23.0 Å². The van der Waals surface area contributed by atoms with Crippen LogP contribution in [0.3, 0.4) is 0 Å². The Kier molecular flexibility index (Phi) is 6.06. The highest BCUT2D eigenvalue weighted by molar-refractivity contribution is 6.31. The number of carbonyl (C=O) groups excluding carboxylic acids is 2.